The minimum atomic E-state index is -3.80. The highest BCUT2D eigenvalue weighted by atomic mass is 32.2. The normalized spacial score (nSPS) is 25.5. The molecule has 0 radical (unpaired) electrons. The van der Waals surface area contributed by atoms with E-state index in [9.17, 15) is 23.4 Å². The van der Waals surface area contributed by atoms with E-state index in [0.29, 0.717) is 26.2 Å². The molecule has 34 heavy (non-hydrogen) atoms. The molecule has 0 unspecified atom stereocenters. The molecular weight excluding hydrogens is 460 g/mol. The van der Waals surface area contributed by atoms with Crippen LogP contribution in [-0.4, -0.2) is 91.6 Å². The number of hydrogen-bond acceptors (Lipinski definition) is 8. The molecule has 10 nitrogen and oxygen atoms in total. The molecule has 4 atom stereocenters. The molecule has 0 spiro atoms. The summed E-state index contributed by atoms with van der Waals surface area (Å²) in [6, 6.07) is 12.1. The van der Waals surface area contributed by atoms with Crippen molar-refractivity contribution in [1.29, 1.82) is 0 Å². The standard InChI is InChI=1S/C23H30N4O6S/c1-16-5-7-17(8-6-16)34(31,32)25-15-19-23(30)22(29)18(33-19)14-21(28)27-12-10-26(11-13-27)20-4-2-3-9-24-20/h2-9,18-19,22-23,25,29-30H,10-15H2,1H3/t18-,19+,22-,23+/m0/s1. The van der Waals surface area contributed by atoms with Gasteiger partial charge in [0, 0.05) is 38.9 Å². The van der Waals surface area contributed by atoms with Crippen LogP contribution in [0.4, 0.5) is 5.82 Å². The maximum absolute atomic E-state index is 12.8. The lowest BCUT2D eigenvalue weighted by Gasteiger charge is -2.36. The first-order chi connectivity index (χ1) is 16.2. The SMILES string of the molecule is Cc1ccc(S(=O)(=O)NC[C@H]2O[C@@H](CC(=O)N3CCN(c4ccccn4)CC3)[C@H](O)[C@@H]2O)cc1. The van der Waals surface area contributed by atoms with E-state index in [1.807, 2.05) is 25.1 Å². The molecule has 0 aliphatic carbocycles. The topological polar surface area (TPSA) is 132 Å². The van der Waals surface area contributed by atoms with Gasteiger partial charge in [-0.05, 0) is 31.2 Å². The molecule has 3 N–H and O–H groups in total. The minimum absolute atomic E-state index is 0.0942. The number of aryl methyl sites for hydroxylation is 1. The van der Waals surface area contributed by atoms with Crippen molar-refractivity contribution in [3.8, 4) is 0 Å². The molecule has 2 fully saturated rings. The van der Waals surface area contributed by atoms with Gasteiger partial charge in [-0.2, -0.15) is 0 Å². The molecule has 0 saturated carbocycles. The van der Waals surface area contributed by atoms with Gasteiger partial charge in [0.25, 0.3) is 0 Å². The summed E-state index contributed by atoms with van der Waals surface area (Å²) >= 11 is 0. The predicted octanol–water partition coefficient (Wildman–Crippen LogP) is -0.104. The maximum Gasteiger partial charge on any atom is 0.240 e. The van der Waals surface area contributed by atoms with Crippen LogP contribution < -0.4 is 9.62 Å². The molecule has 184 valence electrons. The number of hydrogen-bond donors (Lipinski definition) is 3. The fourth-order valence-electron chi connectivity index (χ4n) is 4.18. The Morgan fingerprint density at radius 3 is 2.38 bits per heavy atom. The lowest BCUT2D eigenvalue weighted by atomic mass is 10.0. The number of rotatable bonds is 7. The summed E-state index contributed by atoms with van der Waals surface area (Å²) in [7, 11) is -3.80. The van der Waals surface area contributed by atoms with Crippen molar-refractivity contribution in [2.24, 2.45) is 0 Å². The Labute approximate surface area is 199 Å². The smallest absolute Gasteiger partial charge is 0.240 e. The van der Waals surface area contributed by atoms with Gasteiger partial charge in [-0.25, -0.2) is 18.1 Å². The lowest BCUT2D eigenvalue weighted by molar-refractivity contribution is -0.135. The summed E-state index contributed by atoms with van der Waals surface area (Å²) in [4.78, 5) is 21.0. The second kappa shape index (κ2) is 10.4. The molecule has 2 aromatic rings. The summed E-state index contributed by atoms with van der Waals surface area (Å²) in [6.45, 7) is 3.95. The van der Waals surface area contributed by atoms with E-state index in [-0.39, 0.29) is 23.8 Å². The zero-order chi connectivity index (χ0) is 24.3. The zero-order valence-electron chi connectivity index (χ0n) is 18.9. The molecule has 2 aliphatic rings. The number of amides is 1. The Bertz CT molecular complexity index is 1070. The van der Waals surface area contributed by atoms with Crippen molar-refractivity contribution in [3.05, 3.63) is 54.2 Å². The second-order valence-corrected chi connectivity index (χ2v) is 10.4. The number of carbonyl (C=O) groups is 1. The molecule has 1 amide bonds. The number of benzene rings is 1. The average molecular weight is 491 g/mol. The number of carbonyl (C=O) groups excluding carboxylic acids is 1. The highest BCUT2D eigenvalue weighted by Gasteiger charge is 2.44. The summed E-state index contributed by atoms with van der Waals surface area (Å²) in [6.07, 6.45) is -2.83. The molecule has 0 bridgehead atoms. The Morgan fingerprint density at radius 1 is 1.06 bits per heavy atom. The van der Waals surface area contributed by atoms with Gasteiger partial charge in [-0.15, -0.1) is 0 Å². The van der Waals surface area contributed by atoms with Crippen LogP contribution in [0.1, 0.15) is 12.0 Å². The van der Waals surface area contributed by atoms with E-state index >= 15 is 0 Å². The van der Waals surface area contributed by atoms with Gasteiger partial charge in [0.05, 0.1) is 17.4 Å². The van der Waals surface area contributed by atoms with Gasteiger partial charge in [0.15, 0.2) is 0 Å². The summed E-state index contributed by atoms with van der Waals surface area (Å²) in [5.74, 6) is 0.681. The van der Waals surface area contributed by atoms with Crippen molar-refractivity contribution in [2.45, 2.75) is 42.7 Å². The Balaban J connectivity index is 1.28. The van der Waals surface area contributed by atoms with Crippen LogP contribution >= 0.6 is 0 Å². The largest absolute Gasteiger partial charge is 0.388 e. The Hall–Kier alpha value is -2.57. The molecule has 1 aromatic heterocycles. The van der Waals surface area contributed by atoms with Gasteiger partial charge in [0.2, 0.25) is 15.9 Å². The van der Waals surface area contributed by atoms with Gasteiger partial charge >= 0.3 is 0 Å². The van der Waals surface area contributed by atoms with Gasteiger partial charge in [-0.3, -0.25) is 4.79 Å². The van der Waals surface area contributed by atoms with Gasteiger partial charge in [0.1, 0.15) is 24.1 Å². The number of piperazine rings is 1. The number of aliphatic hydroxyl groups excluding tert-OH is 2. The van der Waals surface area contributed by atoms with Crippen LogP contribution in [0.2, 0.25) is 0 Å². The van der Waals surface area contributed by atoms with Gasteiger partial charge in [-0.1, -0.05) is 23.8 Å². The fourth-order valence-corrected chi connectivity index (χ4v) is 5.23. The first-order valence-corrected chi connectivity index (χ1v) is 12.7. The molecule has 4 rings (SSSR count). The molecule has 2 aliphatic heterocycles. The fraction of sp³-hybridized carbons (Fsp3) is 0.478. The molecule has 3 heterocycles. The average Bonchev–Trinajstić information content (AvgIpc) is 3.11. The van der Waals surface area contributed by atoms with E-state index in [2.05, 4.69) is 14.6 Å². The van der Waals surface area contributed by atoms with Crippen molar-refractivity contribution in [1.82, 2.24) is 14.6 Å². The van der Waals surface area contributed by atoms with Crippen LogP contribution in [0, 0.1) is 6.92 Å². The van der Waals surface area contributed by atoms with E-state index < -0.39 is 34.4 Å². The minimum Gasteiger partial charge on any atom is -0.388 e. The highest BCUT2D eigenvalue weighted by molar-refractivity contribution is 7.89. The number of aromatic nitrogens is 1. The second-order valence-electron chi connectivity index (χ2n) is 8.62. The number of aliphatic hydroxyl groups is 2. The summed E-state index contributed by atoms with van der Waals surface area (Å²) in [5.41, 5.74) is 0.933. The number of sulfonamides is 1. The first kappa shape index (κ1) is 24.6. The van der Waals surface area contributed by atoms with Crippen molar-refractivity contribution < 1.29 is 28.2 Å². The van der Waals surface area contributed by atoms with Crippen molar-refractivity contribution in [3.63, 3.8) is 0 Å². The van der Waals surface area contributed by atoms with E-state index in [1.165, 1.54) is 12.1 Å². The summed E-state index contributed by atoms with van der Waals surface area (Å²) in [5, 5.41) is 20.8. The number of pyridine rings is 1. The number of ether oxygens (including phenoxy) is 1. The van der Waals surface area contributed by atoms with E-state index in [0.717, 1.165) is 11.4 Å². The summed E-state index contributed by atoms with van der Waals surface area (Å²) < 4.78 is 33.1. The third-order valence-electron chi connectivity index (χ3n) is 6.25. The van der Waals surface area contributed by atoms with E-state index in [4.69, 9.17) is 4.74 Å². The van der Waals surface area contributed by atoms with E-state index in [1.54, 1.807) is 23.2 Å². The number of anilines is 1. The van der Waals surface area contributed by atoms with Gasteiger partial charge < -0.3 is 24.7 Å². The monoisotopic (exact) mass is 490 g/mol. The number of nitrogens with one attached hydrogen (secondary N) is 1. The maximum atomic E-state index is 12.8. The molecule has 11 heteroatoms. The molecular formula is C23H30N4O6S. The first-order valence-electron chi connectivity index (χ1n) is 11.3. The van der Waals surface area contributed by atoms with Crippen LogP contribution in [-0.2, 0) is 19.6 Å². The van der Waals surface area contributed by atoms with Crippen LogP contribution in [0.3, 0.4) is 0 Å². The van der Waals surface area contributed by atoms with Crippen LogP contribution in [0.5, 0.6) is 0 Å². The van der Waals surface area contributed by atoms with Crippen molar-refractivity contribution >= 4 is 21.7 Å². The zero-order valence-corrected chi connectivity index (χ0v) is 19.8. The predicted molar refractivity (Wildman–Crippen MR) is 125 cm³/mol. The Kier molecular flexibility index (Phi) is 7.48. The molecule has 1 aromatic carbocycles. The Morgan fingerprint density at radius 2 is 1.74 bits per heavy atom. The quantitative estimate of drug-likeness (QED) is 0.490. The number of nitrogens with zero attached hydrogens (tertiary/aromatic N) is 3. The van der Waals surface area contributed by atoms with Crippen LogP contribution in [0.25, 0.3) is 0 Å². The third-order valence-corrected chi connectivity index (χ3v) is 7.69. The highest BCUT2D eigenvalue weighted by Crippen LogP contribution is 2.25. The van der Waals surface area contributed by atoms with Crippen LogP contribution in [0.15, 0.2) is 53.6 Å². The van der Waals surface area contributed by atoms with Crippen molar-refractivity contribution in [2.75, 3.05) is 37.6 Å². The lowest BCUT2D eigenvalue weighted by Crippen LogP contribution is -2.50. The molecule has 2 saturated heterocycles. The third kappa shape index (κ3) is 5.56.